The molecule has 0 saturated carbocycles. The second kappa shape index (κ2) is 6.45. The molecule has 2 rings (SSSR count). The van der Waals surface area contributed by atoms with E-state index in [4.69, 9.17) is 21.1 Å². The Balaban J connectivity index is 2.19. The van der Waals surface area contributed by atoms with Gasteiger partial charge in [-0.05, 0) is 65.4 Å². The number of hydrogen-bond donors (Lipinski definition) is 0. The number of carbonyl (C=O) groups is 1. The van der Waals surface area contributed by atoms with Gasteiger partial charge in [-0.2, -0.15) is 0 Å². The van der Waals surface area contributed by atoms with Crippen LogP contribution in [0, 0.1) is 10.5 Å². The number of rotatable bonds is 3. The van der Waals surface area contributed by atoms with Crippen LogP contribution in [0.3, 0.4) is 0 Å². The summed E-state index contributed by atoms with van der Waals surface area (Å²) in [5, 5.41) is 0.569. The van der Waals surface area contributed by atoms with E-state index in [1.54, 1.807) is 37.4 Å². The normalized spacial score (nSPS) is 10.2. The van der Waals surface area contributed by atoms with Crippen molar-refractivity contribution in [3.05, 3.63) is 56.1 Å². The molecule has 0 aliphatic heterocycles. The number of halogens is 2. The maximum atomic E-state index is 12.1. The number of aryl methyl sites for hydroxylation is 1. The number of benzene rings is 2. The monoisotopic (exact) mass is 402 g/mol. The highest BCUT2D eigenvalue weighted by Gasteiger charge is 2.11. The van der Waals surface area contributed by atoms with Crippen LogP contribution in [-0.4, -0.2) is 13.1 Å². The molecule has 0 bridgehead atoms. The van der Waals surface area contributed by atoms with Gasteiger partial charge in [-0.3, -0.25) is 0 Å². The fourth-order valence-electron chi connectivity index (χ4n) is 1.60. The molecular weight excluding hydrogens is 391 g/mol. The predicted molar refractivity (Wildman–Crippen MR) is 86.9 cm³/mol. The lowest BCUT2D eigenvalue weighted by molar-refractivity contribution is 0.0734. The quantitative estimate of drug-likeness (QED) is 0.431. The van der Waals surface area contributed by atoms with Crippen molar-refractivity contribution < 1.29 is 14.3 Å². The van der Waals surface area contributed by atoms with Gasteiger partial charge in [0, 0.05) is 5.02 Å². The minimum Gasteiger partial charge on any atom is -0.496 e. The Bertz CT molecular complexity index is 656. The molecule has 3 nitrogen and oxygen atoms in total. The summed E-state index contributed by atoms with van der Waals surface area (Å²) in [6.07, 6.45) is 0. The van der Waals surface area contributed by atoms with Crippen molar-refractivity contribution in [3.63, 3.8) is 0 Å². The molecule has 5 heteroatoms. The van der Waals surface area contributed by atoms with E-state index in [2.05, 4.69) is 22.6 Å². The molecule has 0 aromatic heterocycles. The topological polar surface area (TPSA) is 35.5 Å². The lowest BCUT2D eigenvalue weighted by atomic mass is 10.2. The van der Waals surface area contributed by atoms with Crippen molar-refractivity contribution in [2.75, 3.05) is 7.11 Å². The molecule has 20 heavy (non-hydrogen) atoms. The number of hydrogen-bond acceptors (Lipinski definition) is 3. The van der Waals surface area contributed by atoms with Crippen molar-refractivity contribution in [2.45, 2.75) is 6.92 Å². The fourth-order valence-corrected chi connectivity index (χ4v) is 2.50. The molecule has 0 N–H and O–H groups in total. The highest BCUT2D eigenvalue weighted by atomic mass is 127. The number of esters is 1. The molecule has 0 atom stereocenters. The SMILES string of the molecule is COc1ccc(C(=O)Oc2ccc(C)c(Cl)c2)cc1I. The average molecular weight is 403 g/mol. The van der Waals surface area contributed by atoms with E-state index in [-0.39, 0.29) is 0 Å². The highest BCUT2D eigenvalue weighted by Crippen LogP contribution is 2.24. The van der Waals surface area contributed by atoms with Crippen molar-refractivity contribution in [3.8, 4) is 11.5 Å². The van der Waals surface area contributed by atoms with Gasteiger partial charge < -0.3 is 9.47 Å². The van der Waals surface area contributed by atoms with Gasteiger partial charge in [-0.1, -0.05) is 17.7 Å². The lowest BCUT2D eigenvalue weighted by Gasteiger charge is -2.08. The Labute approximate surface area is 136 Å². The molecule has 0 fully saturated rings. The van der Waals surface area contributed by atoms with Crippen LogP contribution in [0.5, 0.6) is 11.5 Å². The second-order valence-corrected chi connectivity index (χ2v) is 5.72. The molecule has 0 aliphatic carbocycles. The molecule has 104 valence electrons. The van der Waals surface area contributed by atoms with Gasteiger partial charge in [-0.25, -0.2) is 4.79 Å². The first-order chi connectivity index (χ1) is 9.51. The van der Waals surface area contributed by atoms with Gasteiger partial charge in [0.15, 0.2) is 0 Å². The zero-order valence-corrected chi connectivity index (χ0v) is 13.9. The van der Waals surface area contributed by atoms with E-state index in [1.807, 2.05) is 13.0 Å². The van der Waals surface area contributed by atoms with Gasteiger partial charge in [-0.15, -0.1) is 0 Å². The van der Waals surface area contributed by atoms with Crippen LogP contribution >= 0.6 is 34.2 Å². The Morgan fingerprint density at radius 2 is 1.95 bits per heavy atom. The summed E-state index contributed by atoms with van der Waals surface area (Å²) in [5.74, 6) is 0.724. The molecule has 0 spiro atoms. The van der Waals surface area contributed by atoms with Crippen LogP contribution in [0.4, 0.5) is 0 Å². The molecule has 0 amide bonds. The van der Waals surface area contributed by atoms with Gasteiger partial charge in [0.25, 0.3) is 0 Å². The van der Waals surface area contributed by atoms with Crippen LogP contribution < -0.4 is 9.47 Å². The molecule has 0 saturated heterocycles. The minimum atomic E-state index is -0.425. The van der Waals surface area contributed by atoms with Crippen LogP contribution in [0.25, 0.3) is 0 Å². The third-order valence-corrected chi connectivity index (χ3v) is 3.99. The summed E-state index contributed by atoms with van der Waals surface area (Å²) in [6.45, 7) is 1.89. The maximum absolute atomic E-state index is 12.1. The summed E-state index contributed by atoms with van der Waals surface area (Å²) in [7, 11) is 1.59. The number of carbonyl (C=O) groups excluding carboxylic acids is 1. The van der Waals surface area contributed by atoms with Crippen LogP contribution in [0.2, 0.25) is 5.02 Å². The van der Waals surface area contributed by atoms with E-state index in [0.717, 1.165) is 14.9 Å². The maximum Gasteiger partial charge on any atom is 0.343 e. The summed E-state index contributed by atoms with van der Waals surface area (Å²) in [5.41, 5.74) is 1.40. The summed E-state index contributed by atoms with van der Waals surface area (Å²) >= 11 is 8.11. The van der Waals surface area contributed by atoms with Crippen molar-refractivity contribution in [1.82, 2.24) is 0 Å². The van der Waals surface area contributed by atoms with E-state index in [0.29, 0.717) is 16.3 Å². The summed E-state index contributed by atoms with van der Waals surface area (Å²) < 4.78 is 11.3. The Kier molecular flexibility index (Phi) is 4.88. The molecule has 0 unspecified atom stereocenters. The minimum absolute atomic E-state index is 0.425. The van der Waals surface area contributed by atoms with Crippen LogP contribution in [-0.2, 0) is 0 Å². The molecule has 0 heterocycles. The smallest absolute Gasteiger partial charge is 0.343 e. The fraction of sp³-hybridized carbons (Fsp3) is 0.133. The number of ether oxygens (including phenoxy) is 2. The van der Waals surface area contributed by atoms with Crippen LogP contribution in [0.1, 0.15) is 15.9 Å². The second-order valence-electron chi connectivity index (χ2n) is 4.15. The predicted octanol–water partition coefficient (Wildman–Crippen LogP) is 4.48. The van der Waals surface area contributed by atoms with Gasteiger partial charge in [0.05, 0.1) is 16.2 Å². The largest absolute Gasteiger partial charge is 0.496 e. The van der Waals surface area contributed by atoms with E-state index >= 15 is 0 Å². The van der Waals surface area contributed by atoms with Crippen molar-refractivity contribution >= 4 is 40.2 Å². The average Bonchev–Trinajstić information content (AvgIpc) is 2.42. The molecule has 0 radical (unpaired) electrons. The van der Waals surface area contributed by atoms with Crippen molar-refractivity contribution in [1.29, 1.82) is 0 Å². The van der Waals surface area contributed by atoms with E-state index in [1.165, 1.54) is 0 Å². The summed E-state index contributed by atoms with van der Waals surface area (Å²) in [4.78, 5) is 12.1. The zero-order valence-electron chi connectivity index (χ0n) is 10.9. The van der Waals surface area contributed by atoms with Gasteiger partial charge in [0.2, 0.25) is 0 Å². The molecule has 0 aliphatic rings. The number of methoxy groups -OCH3 is 1. The zero-order chi connectivity index (χ0) is 14.7. The van der Waals surface area contributed by atoms with E-state index < -0.39 is 5.97 Å². The Morgan fingerprint density at radius 3 is 2.55 bits per heavy atom. The van der Waals surface area contributed by atoms with Crippen LogP contribution in [0.15, 0.2) is 36.4 Å². The van der Waals surface area contributed by atoms with Crippen molar-refractivity contribution in [2.24, 2.45) is 0 Å². The Hall–Kier alpha value is -1.27. The third-order valence-electron chi connectivity index (χ3n) is 2.74. The van der Waals surface area contributed by atoms with E-state index in [9.17, 15) is 4.79 Å². The molecular formula is C15H12ClIO3. The molecule has 2 aromatic rings. The molecule has 2 aromatic carbocycles. The lowest BCUT2D eigenvalue weighted by Crippen LogP contribution is -2.09. The first kappa shape index (κ1) is 15.1. The highest BCUT2D eigenvalue weighted by molar-refractivity contribution is 14.1. The van der Waals surface area contributed by atoms with Gasteiger partial charge in [0.1, 0.15) is 11.5 Å². The van der Waals surface area contributed by atoms with Gasteiger partial charge >= 0.3 is 5.97 Å². The standard InChI is InChI=1S/C15H12ClIO3/c1-9-3-5-11(8-12(9)16)20-15(18)10-4-6-14(19-2)13(17)7-10/h3-8H,1-2H3. The first-order valence-corrected chi connectivity index (χ1v) is 7.29. The summed E-state index contributed by atoms with van der Waals surface area (Å²) in [6, 6.07) is 10.3. The first-order valence-electron chi connectivity index (χ1n) is 5.83. The third kappa shape index (κ3) is 3.43. The Morgan fingerprint density at radius 1 is 1.20 bits per heavy atom.